The van der Waals surface area contributed by atoms with Gasteiger partial charge in [0.15, 0.2) is 0 Å². The number of benzene rings is 1. The smallest absolute Gasteiger partial charge is 0.120 e. The summed E-state index contributed by atoms with van der Waals surface area (Å²) < 4.78 is 11.3. The van der Waals surface area contributed by atoms with Crippen LogP contribution in [0.25, 0.3) is 0 Å². The van der Waals surface area contributed by atoms with E-state index in [9.17, 15) is 0 Å². The summed E-state index contributed by atoms with van der Waals surface area (Å²) >= 11 is 4.93. The van der Waals surface area contributed by atoms with Crippen molar-refractivity contribution in [3.63, 3.8) is 0 Å². The Morgan fingerprint density at radius 2 is 2.35 bits per heavy atom. The van der Waals surface area contributed by atoms with Crippen molar-refractivity contribution in [2.75, 3.05) is 13.2 Å². The molecule has 3 nitrogen and oxygen atoms in total. The standard InChI is InChI=1S/C13H17NO2S/c14-13(17)10-4-3-6-11(8-10)16-9-12-5-1-2-7-15-12/h3-4,6,8,12H,1-2,5,7,9H2,(H2,14,17). The lowest BCUT2D eigenvalue weighted by atomic mass is 10.1. The van der Waals surface area contributed by atoms with E-state index in [1.165, 1.54) is 6.42 Å². The molecule has 0 aliphatic carbocycles. The predicted molar refractivity (Wildman–Crippen MR) is 71.4 cm³/mol. The highest BCUT2D eigenvalue weighted by atomic mass is 32.1. The second kappa shape index (κ2) is 5.98. The molecule has 0 amide bonds. The van der Waals surface area contributed by atoms with Crippen LogP contribution in [0.15, 0.2) is 24.3 Å². The zero-order valence-electron chi connectivity index (χ0n) is 9.72. The van der Waals surface area contributed by atoms with Gasteiger partial charge in [-0.2, -0.15) is 0 Å². The van der Waals surface area contributed by atoms with Gasteiger partial charge in [-0.05, 0) is 31.4 Å². The first-order chi connectivity index (χ1) is 8.25. The fourth-order valence-corrected chi connectivity index (χ4v) is 1.99. The molecular formula is C13H17NO2S. The molecule has 2 rings (SSSR count). The van der Waals surface area contributed by atoms with Gasteiger partial charge in [-0.3, -0.25) is 0 Å². The van der Waals surface area contributed by atoms with E-state index in [0.717, 1.165) is 30.8 Å². The van der Waals surface area contributed by atoms with E-state index >= 15 is 0 Å². The second-order valence-corrected chi connectivity index (χ2v) is 4.63. The molecule has 0 saturated carbocycles. The van der Waals surface area contributed by atoms with E-state index in [-0.39, 0.29) is 6.10 Å². The van der Waals surface area contributed by atoms with Crippen LogP contribution in [0.2, 0.25) is 0 Å². The lowest BCUT2D eigenvalue weighted by molar-refractivity contribution is -0.0110. The van der Waals surface area contributed by atoms with Crippen LogP contribution in [0.1, 0.15) is 24.8 Å². The zero-order valence-corrected chi connectivity index (χ0v) is 10.5. The van der Waals surface area contributed by atoms with Crippen LogP contribution in [0, 0.1) is 0 Å². The van der Waals surface area contributed by atoms with Crippen molar-refractivity contribution < 1.29 is 9.47 Å². The summed E-state index contributed by atoms with van der Waals surface area (Å²) in [5.74, 6) is 0.796. The van der Waals surface area contributed by atoms with Crippen LogP contribution in [-0.2, 0) is 4.74 Å². The molecule has 0 radical (unpaired) electrons. The summed E-state index contributed by atoms with van der Waals surface area (Å²) in [4.78, 5) is 0.393. The molecule has 0 aromatic heterocycles. The Kier molecular flexibility index (Phi) is 4.34. The Morgan fingerprint density at radius 1 is 1.47 bits per heavy atom. The van der Waals surface area contributed by atoms with E-state index in [4.69, 9.17) is 27.4 Å². The molecule has 1 aromatic carbocycles. The number of hydrogen-bond acceptors (Lipinski definition) is 3. The van der Waals surface area contributed by atoms with Crippen LogP contribution in [-0.4, -0.2) is 24.3 Å². The van der Waals surface area contributed by atoms with Crippen LogP contribution in [0.3, 0.4) is 0 Å². The van der Waals surface area contributed by atoms with Crippen LogP contribution in [0.4, 0.5) is 0 Å². The van der Waals surface area contributed by atoms with E-state index in [2.05, 4.69) is 0 Å². The highest BCUT2D eigenvalue weighted by Gasteiger charge is 2.14. The van der Waals surface area contributed by atoms with E-state index < -0.39 is 0 Å². The van der Waals surface area contributed by atoms with Gasteiger partial charge < -0.3 is 15.2 Å². The van der Waals surface area contributed by atoms with Crippen molar-refractivity contribution in [1.82, 2.24) is 0 Å². The fourth-order valence-electron chi connectivity index (χ4n) is 1.87. The predicted octanol–water partition coefficient (Wildman–Crippen LogP) is 2.27. The van der Waals surface area contributed by atoms with Gasteiger partial charge in [-0.1, -0.05) is 24.4 Å². The summed E-state index contributed by atoms with van der Waals surface area (Å²) in [5.41, 5.74) is 6.41. The molecule has 1 heterocycles. The molecule has 0 spiro atoms. The molecule has 1 aromatic rings. The van der Waals surface area contributed by atoms with Crippen molar-refractivity contribution in [1.29, 1.82) is 0 Å². The molecule has 4 heteroatoms. The van der Waals surface area contributed by atoms with Gasteiger partial charge >= 0.3 is 0 Å². The third-order valence-corrected chi connectivity index (χ3v) is 3.06. The molecule has 2 N–H and O–H groups in total. The summed E-state index contributed by atoms with van der Waals surface area (Å²) in [6.07, 6.45) is 3.68. The average molecular weight is 251 g/mol. The molecule has 1 aliphatic rings. The third kappa shape index (κ3) is 3.68. The topological polar surface area (TPSA) is 44.5 Å². The minimum Gasteiger partial charge on any atom is -0.491 e. The van der Waals surface area contributed by atoms with E-state index in [0.29, 0.717) is 11.6 Å². The van der Waals surface area contributed by atoms with Gasteiger partial charge in [0.1, 0.15) is 17.3 Å². The highest BCUT2D eigenvalue weighted by molar-refractivity contribution is 7.80. The first-order valence-electron chi connectivity index (χ1n) is 5.90. The van der Waals surface area contributed by atoms with E-state index in [1.54, 1.807) is 0 Å². The minimum atomic E-state index is 0.220. The Labute approximate surface area is 107 Å². The van der Waals surface area contributed by atoms with Crippen LogP contribution < -0.4 is 10.5 Å². The number of hydrogen-bond donors (Lipinski definition) is 1. The van der Waals surface area contributed by atoms with Gasteiger partial charge in [-0.25, -0.2) is 0 Å². The molecule has 17 heavy (non-hydrogen) atoms. The lowest BCUT2D eigenvalue weighted by Crippen LogP contribution is -2.25. The third-order valence-electron chi connectivity index (χ3n) is 2.83. The van der Waals surface area contributed by atoms with Crippen molar-refractivity contribution in [3.05, 3.63) is 29.8 Å². The summed E-state index contributed by atoms with van der Waals surface area (Å²) in [5, 5.41) is 0. The number of nitrogens with two attached hydrogens (primary N) is 1. The van der Waals surface area contributed by atoms with Gasteiger partial charge in [0.05, 0.1) is 6.10 Å². The summed E-state index contributed by atoms with van der Waals surface area (Å²) in [6, 6.07) is 7.55. The molecule has 1 saturated heterocycles. The van der Waals surface area contributed by atoms with Gasteiger partial charge in [0, 0.05) is 12.2 Å². The maximum Gasteiger partial charge on any atom is 0.120 e. The normalized spacial score (nSPS) is 19.9. The van der Waals surface area contributed by atoms with Gasteiger partial charge in [0.2, 0.25) is 0 Å². The maximum absolute atomic E-state index is 5.70. The molecule has 1 aliphatic heterocycles. The average Bonchev–Trinajstić information content (AvgIpc) is 2.38. The number of ether oxygens (including phenoxy) is 2. The molecule has 0 bridgehead atoms. The zero-order chi connectivity index (χ0) is 12.1. The minimum absolute atomic E-state index is 0.220. The highest BCUT2D eigenvalue weighted by Crippen LogP contribution is 2.17. The summed E-state index contributed by atoms with van der Waals surface area (Å²) in [7, 11) is 0. The lowest BCUT2D eigenvalue weighted by Gasteiger charge is -2.22. The molecule has 1 fully saturated rings. The van der Waals surface area contributed by atoms with Crippen LogP contribution >= 0.6 is 12.2 Å². The van der Waals surface area contributed by atoms with Gasteiger partial charge in [0.25, 0.3) is 0 Å². The number of thiocarbonyl (C=S) groups is 1. The van der Waals surface area contributed by atoms with Crippen molar-refractivity contribution in [2.24, 2.45) is 5.73 Å². The first-order valence-corrected chi connectivity index (χ1v) is 6.31. The molecular weight excluding hydrogens is 234 g/mol. The number of rotatable bonds is 4. The quantitative estimate of drug-likeness (QED) is 0.834. The fraction of sp³-hybridized carbons (Fsp3) is 0.462. The molecule has 1 atom stereocenters. The largest absolute Gasteiger partial charge is 0.491 e. The Hall–Kier alpha value is -1.13. The van der Waals surface area contributed by atoms with Crippen molar-refractivity contribution in [3.8, 4) is 5.75 Å². The Bertz CT molecular complexity index is 389. The van der Waals surface area contributed by atoms with E-state index in [1.807, 2.05) is 24.3 Å². The van der Waals surface area contributed by atoms with Crippen LogP contribution in [0.5, 0.6) is 5.75 Å². The molecule has 92 valence electrons. The SMILES string of the molecule is NC(=S)c1cccc(OCC2CCCCO2)c1. The van der Waals surface area contributed by atoms with Crippen molar-refractivity contribution >= 4 is 17.2 Å². The Morgan fingerprint density at radius 3 is 3.06 bits per heavy atom. The maximum atomic E-state index is 5.70. The monoisotopic (exact) mass is 251 g/mol. The Balaban J connectivity index is 1.89. The summed E-state index contributed by atoms with van der Waals surface area (Å²) in [6.45, 7) is 1.45. The van der Waals surface area contributed by atoms with Gasteiger partial charge in [-0.15, -0.1) is 0 Å². The van der Waals surface area contributed by atoms with Crippen molar-refractivity contribution in [2.45, 2.75) is 25.4 Å². The second-order valence-electron chi connectivity index (χ2n) is 4.19. The first kappa shape index (κ1) is 12.3. The molecule has 1 unspecified atom stereocenters.